The molecule has 1 aliphatic heterocycles. The van der Waals surface area contributed by atoms with E-state index in [9.17, 15) is 4.79 Å². The van der Waals surface area contributed by atoms with Crippen LogP contribution in [0.2, 0.25) is 0 Å². The Balaban J connectivity index is 2.38. The Morgan fingerprint density at radius 1 is 1.27 bits per heavy atom. The molecule has 0 aromatic heterocycles. The number of benzene rings is 1. The standard InChI is InChI=1S/C16H20N2O3S/c1-9(2)21-15(19)13-10(3)17-16(22)18-14(13)11-5-7-12(20-4)8-6-11/h5-9,14H,1-4H3,(H2,17,18,22)/t14-/m1/s1. The number of hydrogen-bond donors (Lipinski definition) is 2. The van der Waals surface area contributed by atoms with Crippen LogP contribution in [0, 0.1) is 0 Å². The van der Waals surface area contributed by atoms with Gasteiger partial charge in [0, 0.05) is 5.70 Å². The molecule has 0 radical (unpaired) electrons. The third-order valence-electron chi connectivity index (χ3n) is 3.28. The molecule has 22 heavy (non-hydrogen) atoms. The lowest BCUT2D eigenvalue weighted by Gasteiger charge is -2.30. The minimum Gasteiger partial charge on any atom is -0.497 e. The summed E-state index contributed by atoms with van der Waals surface area (Å²) in [7, 11) is 1.61. The highest BCUT2D eigenvalue weighted by atomic mass is 32.1. The SMILES string of the molecule is COc1ccc([C@H]2NC(=S)NC(C)=C2C(=O)OC(C)C)cc1. The predicted molar refractivity (Wildman–Crippen MR) is 88.5 cm³/mol. The van der Waals surface area contributed by atoms with Gasteiger partial charge in [0.1, 0.15) is 5.75 Å². The first-order chi connectivity index (χ1) is 10.4. The first kappa shape index (κ1) is 16.3. The van der Waals surface area contributed by atoms with Gasteiger partial charge in [-0.15, -0.1) is 0 Å². The fraction of sp³-hybridized carbons (Fsp3) is 0.375. The van der Waals surface area contributed by atoms with E-state index in [0.29, 0.717) is 16.4 Å². The summed E-state index contributed by atoms with van der Waals surface area (Å²) in [6.45, 7) is 5.47. The third kappa shape index (κ3) is 3.57. The Labute approximate surface area is 135 Å². The second-order valence-electron chi connectivity index (χ2n) is 5.30. The van der Waals surface area contributed by atoms with Crippen molar-refractivity contribution in [3.8, 4) is 5.75 Å². The largest absolute Gasteiger partial charge is 0.497 e. The van der Waals surface area contributed by atoms with Crippen LogP contribution in [0.4, 0.5) is 0 Å². The lowest BCUT2D eigenvalue weighted by Crippen LogP contribution is -2.45. The maximum absolute atomic E-state index is 12.4. The number of nitrogens with one attached hydrogen (secondary N) is 2. The molecule has 6 heteroatoms. The van der Waals surface area contributed by atoms with Crippen molar-refractivity contribution in [1.82, 2.24) is 10.6 Å². The molecule has 1 aromatic rings. The molecule has 0 unspecified atom stereocenters. The van der Waals surface area contributed by atoms with Gasteiger partial charge in [-0.25, -0.2) is 4.79 Å². The smallest absolute Gasteiger partial charge is 0.338 e. The number of carbonyl (C=O) groups is 1. The highest BCUT2D eigenvalue weighted by molar-refractivity contribution is 7.80. The molecule has 0 aliphatic carbocycles. The average Bonchev–Trinajstić information content (AvgIpc) is 2.45. The van der Waals surface area contributed by atoms with Crippen LogP contribution < -0.4 is 15.4 Å². The number of thiocarbonyl (C=S) groups is 1. The quantitative estimate of drug-likeness (QED) is 0.656. The molecular formula is C16H20N2O3S. The van der Waals surface area contributed by atoms with E-state index >= 15 is 0 Å². The fourth-order valence-electron chi connectivity index (χ4n) is 2.29. The summed E-state index contributed by atoms with van der Waals surface area (Å²) in [6.07, 6.45) is -0.182. The molecule has 1 heterocycles. The minimum absolute atomic E-state index is 0.182. The first-order valence-electron chi connectivity index (χ1n) is 7.05. The molecule has 2 rings (SSSR count). The second-order valence-corrected chi connectivity index (χ2v) is 5.71. The zero-order valence-corrected chi connectivity index (χ0v) is 13.9. The lowest BCUT2D eigenvalue weighted by atomic mass is 9.95. The molecule has 0 fully saturated rings. The van der Waals surface area contributed by atoms with Gasteiger partial charge in [0.2, 0.25) is 0 Å². The fourth-order valence-corrected chi connectivity index (χ4v) is 2.56. The van der Waals surface area contributed by atoms with Crippen molar-refractivity contribution in [2.45, 2.75) is 32.9 Å². The van der Waals surface area contributed by atoms with Crippen LogP contribution in [0.15, 0.2) is 35.5 Å². The summed E-state index contributed by atoms with van der Waals surface area (Å²) < 4.78 is 10.5. The van der Waals surface area contributed by atoms with Crippen LogP contribution in [0.5, 0.6) is 5.75 Å². The van der Waals surface area contributed by atoms with Crippen LogP contribution >= 0.6 is 12.2 Å². The summed E-state index contributed by atoms with van der Waals surface area (Å²) in [5.74, 6) is 0.406. The second kappa shape index (κ2) is 6.79. The molecule has 1 atom stereocenters. The van der Waals surface area contributed by atoms with Gasteiger partial charge in [0.25, 0.3) is 0 Å². The Hall–Kier alpha value is -2.08. The van der Waals surface area contributed by atoms with Crippen molar-refractivity contribution in [1.29, 1.82) is 0 Å². The van der Waals surface area contributed by atoms with Gasteiger partial charge in [-0.2, -0.15) is 0 Å². The molecule has 0 saturated heterocycles. The highest BCUT2D eigenvalue weighted by Gasteiger charge is 2.31. The van der Waals surface area contributed by atoms with E-state index < -0.39 is 0 Å². The highest BCUT2D eigenvalue weighted by Crippen LogP contribution is 2.29. The number of ether oxygens (including phenoxy) is 2. The molecule has 2 N–H and O–H groups in total. The van der Waals surface area contributed by atoms with Crippen LogP contribution in [0.1, 0.15) is 32.4 Å². The lowest BCUT2D eigenvalue weighted by molar-refractivity contribution is -0.143. The van der Waals surface area contributed by atoms with Crippen molar-refractivity contribution >= 4 is 23.3 Å². The Morgan fingerprint density at radius 3 is 2.45 bits per heavy atom. The van der Waals surface area contributed by atoms with Crippen molar-refractivity contribution < 1.29 is 14.3 Å². The third-order valence-corrected chi connectivity index (χ3v) is 3.50. The average molecular weight is 320 g/mol. The summed E-state index contributed by atoms with van der Waals surface area (Å²) in [5, 5.41) is 6.59. The van der Waals surface area contributed by atoms with Gasteiger partial charge in [0.05, 0.1) is 24.8 Å². The van der Waals surface area contributed by atoms with Gasteiger partial charge in [0.15, 0.2) is 5.11 Å². The molecule has 0 amide bonds. The van der Waals surface area contributed by atoms with E-state index in [-0.39, 0.29) is 18.1 Å². The molecule has 118 valence electrons. The van der Waals surface area contributed by atoms with E-state index in [1.165, 1.54) is 0 Å². The minimum atomic E-state index is -0.351. The number of esters is 1. The van der Waals surface area contributed by atoms with Crippen LogP contribution in [-0.2, 0) is 9.53 Å². The van der Waals surface area contributed by atoms with E-state index in [2.05, 4.69) is 10.6 Å². The number of carbonyl (C=O) groups excluding carboxylic acids is 1. The summed E-state index contributed by atoms with van der Waals surface area (Å²) in [5.41, 5.74) is 2.15. The van der Waals surface area contributed by atoms with Crippen LogP contribution in [0.3, 0.4) is 0 Å². The van der Waals surface area contributed by atoms with E-state index in [4.69, 9.17) is 21.7 Å². The number of hydrogen-bond acceptors (Lipinski definition) is 4. The molecule has 0 bridgehead atoms. The zero-order valence-electron chi connectivity index (χ0n) is 13.1. The predicted octanol–water partition coefficient (Wildman–Crippen LogP) is 2.44. The Morgan fingerprint density at radius 2 is 1.91 bits per heavy atom. The topological polar surface area (TPSA) is 59.6 Å². The van der Waals surface area contributed by atoms with E-state index in [1.807, 2.05) is 45.0 Å². The summed E-state index contributed by atoms with van der Waals surface area (Å²) >= 11 is 5.20. The van der Waals surface area contributed by atoms with Crippen LogP contribution in [0.25, 0.3) is 0 Å². The van der Waals surface area contributed by atoms with Gasteiger partial charge in [-0.05, 0) is 50.7 Å². The zero-order chi connectivity index (χ0) is 16.3. The first-order valence-corrected chi connectivity index (χ1v) is 7.46. The normalized spacial score (nSPS) is 17.9. The van der Waals surface area contributed by atoms with Gasteiger partial charge in [-0.3, -0.25) is 0 Å². The molecule has 1 aliphatic rings. The maximum Gasteiger partial charge on any atom is 0.338 e. The van der Waals surface area contributed by atoms with Crippen LogP contribution in [-0.4, -0.2) is 24.3 Å². The number of allylic oxidation sites excluding steroid dienone is 1. The van der Waals surface area contributed by atoms with Gasteiger partial charge in [-0.1, -0.05) is 12.1 Å². The van der Waals surface area contributed by atoms with Crippen molar-refractivity contribution in [3.05, 3.63) is 41.1 Å². The molecular weight excluding hydrogens is 300 g/mol. The van der Waals surface area contributed by atoms with Gasteiger partial charge < -0.3 is 20.1 Å². The Bertz CT molecular complexity index is 608. The molecule has 0 spiro atoms. The van der Waals surface area contributed by atoms with Crippen molar-refractivity contribution in [3.63, 3.8) is 0 Å². The molecule has 0 saturated carbocycles. The summed E-state index contributed by atoms with van der Waals surface area (Å²) in [6, 6.07) is 7.16. The van der Waals surface area contributed by atoms with E-state index in [0.717, 1.165) is 11.3 Å². The van der Waals surface area contributed by atoms with Gasteiger partial charge >= 0.3 is 5.97 Å². The Kier molecular flexibility index (Phi) is 5.03. The van der Waals surface area contributed by atoms with Crippen molar-refractivity contribution in [2.24, 2.45) is 0 Å². The monoisotopic (exact) mass is 320 g/mol. The number of rotatable bonds is 4. The molecule has 5 nitrogen and oxygen atoms in total. The molecule has 1 aromatic carbocycles. The maximum atomic E-state index is 12.4. The van der Waals surface area contributed by atoms with Crippen molar-refractivity contribution in [2.75, 3.05) is 7.11 Å². The number of methoxy groups -OCH3 is 1. The van der Waals surface area contributed by atoms with E-state index in [1.54, 1.807) is 7.11 Å². The summed E-state index contributed by atoms with van der Waals surface area (Å²) in [4.78, 5) is 12.4.